The highest BCUT2D eigenvalue weighted by molar-refractivity contribution is 14.0. The monoisotopic (exact) mass is 359 g/mol. The van der Waals surface area contributed by atoms with Crippen molar-refractivity contribution in [2.75, 3.05) is 13.1 Å². The van der Waals surface area contributed by atoms with Crippen molar-refractivity contribution in [1.29, 1.82) is 0 Å². The van der Waals surface area contributed by atoms with Crippen LogP contribution in [0.15, 0.2) is 4.99 Å². The van der Waals surface area contributed by atoms with Crippen LogP contribution in [0.2, 0.25) is 0 Å². The van der Waals surface area contributed by atoms with Crippen LogP contribution in [0.3, 0.4) is 0 Å². The van der Waals surface area contributed by atoms with Crippen LogP contribution < -0.4 is 11.1 Å². The SMILES string of the molecule is I.NC(=NCC1CC(F)(F)C1)NCC1CCC1. The molecule has 3 nitrogen and oxygen atoms in total. The minimum atomic E-state index is -2.45. The van der Waals surface area contributed by atoms with Gasteiger partial charge in [-0.15, -0.1) is 24.0 Å². The lowest BCUT2D eigenvalue weighted by Gasteiger charge is -2.33. The lowest BCUT2D eigenvalue weighted by Crippen LogP contribution is -2.40. The minimum Gasteiger partial charge on any atom is -0.370 e. The van der Waals surface area contributed by atoms with Crippen molar-refractivity contribution < 1.29 is 8.78 Å². The van der Waals surface area contributed by atoms with E-state index in [1.807, 2.05) is 0 Å². The first-order chi connectivity index (χ1) is 7.55. The zero-order valence-corrected chi connectivity index (χ0v) is 12.1. The first-order valence-electron chi connectivity index (χ1n) is 5.97. The van der Waals surface area contributed by atoms with Gasteiger partial charge in [-0.3, -0.25) is 4.99 Å². The molecule has 0 heterocycles. The zero-order chi connectivity index (χ0) is 11.6. The summed E-state index contributed by atoms with van der Waals surface area (Å²) < 4.78 is 25.0. The molecule has 0 aromatic rings. The maximum Gasteiger partial charge on any atom is 0.248 e. The normalized spacial score (nSPS) is 24.5. The first-order valence-corrected chi connectivity index (χ1v) is 5.97. The van der Waals surface area contributed by atoms with E-state index in [-0.39, 0.29) is 42.7 Å². The number of nitrogens with one attached hydrogen (secondary N) is 1. The molecular weight excluding hydrogens is 339 g/mol. The third-order valence-corrected chi connectivity index (χ3v) is 3.49. The number of hydrogen-bond acceptors (Lipinski definition) is 1. The molecule has 0 amide bonds. The Morgan fingerprint density at radius 3 is 2.41 bits per heavy atom. The molecule has 100 valence electrons. The molecule has 0 aromatic carbocycles. The largest absolute Gasteiger partial charge is 0.370 e. The highest BCUT2D eigenvalue weighted by Crippen LogP contribution is 2.42. The second kappa shape index (κ2) is 6.15. The summed E-state index contributed by atoms with van der Waals surface area (Å²) in [6, 6.07) is 0. The van der Waals surface area contributed by atoms with Gasteiger partial charge in [-0.05, 0) is 24.7 Å². The van der Waals surface area contributed by atoms with Gasteiger partial charge in [-0.1, -0.05) is 6.42 Å². The third-order valence-electron chi connectivity index (χ3n) is 3.49. The Morgan fingerprint density at radius 2 is 1.94 bits per heavy atom. The molecule has 2 fully saturated rings. The van der Waals surface area contributed by atoms with E-state index in [2.05, 4.69) is 10.3 Å². The number of rotatable bonds is 4. The van der Waals surface area contributed by atoms with Gasteiger partial charge in [0.2, 0.25) is 5.92 Å². The van der Waals surface area contributed by atoms with Gasteiger partial charge in [0.15, 0.2) is 5.96 Å². The Kier molecular flexibility index (Phi) is 5.40. The van der Waals surface area contributed by atoms with Crippen LogP contribution in [0, 0.1) is 11.8 Å². The van der Waals surface area contributed by atoms with E-state index in [1.165, 1.54) is 19.3 Å². The zero-order valence-electron chi connectivity index (χ0n) is 9.79. The van der Waals surface area contributed by atoms with Gasteiger partial charge in [-0.2, -0.15) is 0 Å². The molecule has 2 rings (SSSR count). The van der Waals surface area contributed by atoms with Gasteiger partial charge in [-0.25, -0.2) is 8.78 Å². The van der Waals surface area contributed by atoms with Crippen LogP contribution in [0.4, 0.5) is 8.78 Å². The van der Waals surface area contributed by atoms with E-state index in [0.717, 1.165) is 12.5 Å². The van der Waals surface area contributed by atoms with Gasteiger partial charge >= 0.3 is 0 Å². The summed E-state index contributed by atoms with van der Waals surface area (Å²) in [6.07, 6.45) is 3.75. The van der Waals surface area contributed by atoms with Gasteiger partial charge in [0, 0.05) is 25.9 Å². The molecule has 0 saturated heterocycles. The average molecular weight is 359 g/mol. The minimum absolute atomic E-state index is 0. The summed E-state index contributed by atoms with van der Waals surface area (Å²) in [5.74, 6) is -1.31. The molecule has 0 radical (unpaired) electrons. The van der Waals surface area contributed by atoms with Crippen LogP contribution in [-0.2, 0) is 0 Å². The summed E-state index contributed by atoms with van der Waals surface area (Å²) in [4.78, 5) is 4.09. The molecule has 0 bridgehead atoms. The molecule has 0 atom stereocenters. The van der Waals surface area contributed by atoms with E-state index in [0.29, 0.717) is 12.5 Å². The molecule has 0 spiro atoms. The number of hydrogen-bond donors (Lipinski definition) is 2. The van der Waals surface area contributed by atoms with Crippen LogP contribution in [0.1, 0.15) is 32.1 Å². The predicted molar refractivity (Wildman–Crippen MR) is 74.9 cm³/mol. The Balaban J connectivity index is 0.00000144. The molecule has 0 unspecified atom stereocenters. The summed E-state index contributed by atoms with van der Waals surface area (Å²) in [5.41, 5.74) is 5.65. The van der Waals surface area contributed by atoms with Crippen LogP contribution in [0.25, 0.3) is 0 Å². The van der Waals surface area contributed by atoms with Crippen molar-refractivity contribution >= 4 is 29.9 Å². The lowest BCUT2D eigenvalue weighted by atomic mass is 9.81. The fraction of sp³-hybridized carbons (Fsp3) is 0.909. The summed E-state index contributed by atoms with van der Waals surface area (Å²) in [6.45, 7) is 1.30. The van der Waals surface area contributed by atoms with Crippen molar-refractivity contribution in [3.05, 3.63) is 0 Å². The second-order valence-electron chi connectivity index (χ2n) is 5.03. The standard InChI is InChI=1S/C11H19F2N3.HI/c12-11(13)4-9(5-11)7-16-10(14)15-6-8-2-1-3-8;/h8-9H,1-7H2,(H3,14,15,16);1H. The predicted octanol–water partition coefficient (Wildman–Crippen LogP) is 2.35. The third kappa shape index (κ3) is 4.56. The van der Waals surface area contributed by atoms with E-state index in [9.17, 15) is 8.78 Å². The first kappa shape index (κ1) is 14.9. The Hall–Kier alpha value is -0.140. The van der Waals surface area contributed by atoms with E-state index < -0.39 is 5.92 Å². The van der Waals surface area contributed by atoms with Crippen molar-refractivity contribution in [2.45, 2.75) is 38.0 Å². The number of aliphatic imine (C=N–C) groups is 1. The smallest absolute Gasteiger partial charge is 0.248 e. The Bertz CT molecular complexity index is 272. The Labute approximate surface area is 118 Å². The van der Waals surface area contributed by atoms with E-state index in [4.69, 9.17) is 5.73 Å². The highest BCUT2D eigenvalue weighted by Gasteiger charge is 2.44. The molecule has 0 aromatic heterocycles. The molecular formula is C11H20F2IN3. The van der Waals surface area contributed by atoms with Gasteiger partial charge in [0.05, 0.1) is 0 Å². The van der Waals surface area contributed by atoms with Gasteiger partial charge in [0.1, 0.15) is 0 Å². The van der Waals surface area contributed by atoms with Crippen molar-refractivity contribution in [1.82, 2.24) is 5.32 Å². The lowest BCUT2D eigenvalue weighted by molar-refractivity contribution is -0.107. The maximum atomic E-state index is 12.5. The summed E-state index contributed by atoms with van der Waals surface area (Å²) in [7, 11) is 0. The van der Waals surface area contributed by atoms with E-state index >= 15 is 0 Å². The number of nitrogens with zero attached hydrogens (tertiary/aromatic N) is 1. The van der Waals surface area contributed by atoms with Crippen molar-refractivity contribution in [2.24, 2.45) is 22.6 Å². The average Bonchev–Trinajstić information content (AvgIpc) is 2.08. The van der Waals surface area contributed by atoms with Gasteiger partial charge < -0.3 is 11.1 Å². The highest BCUT2D eigenvalue weighted by atomic mass is 127. The number of alkyl halides is 2. The molecule has 3 N–H and O–H groups in total. The van der Waals surface area contributed by atoms with Crippen LogP contribution in [0.5, 0.6) is 0 Å². The van der Waals surface area contributed by atoms with Crippen LogP contribution in [-0.4, -0.2) is 25.0 Å². The van der Waals surface area contributed by atoms with Crippen molar-refractivity contribution in [3.63, 3.8) is 0 Å². The Morgan fingerprint density at radius 1 is 1.29 bits per heavy atom. The van der Waals surface area contributed by atoms with Gasteiger partial charge in [0.25, 0.3) is 0 Å². The number of guanidine groups is 1. The fourth-order valence-electron chi connectivity index (χ4n) is 2.14. The van der Waals surface area contributed by atoms with E-state index in [1.54, 1.807) is 0 Å². The maximum absolute atomic E-state index is 12.5. The summed E-state index contributed by atoms with van der Waals surface area (Å²) in [5, 5.41) is 3.05. The van der Waals surface area contributed by atoms with Crippen LogP contribution >= 0.6 is 24.0 Å². The molecule has 17 heavy (non-hydrogen) atoms. The molecule has 2 aliphatic carbocycles. The summed E-state index contributed by atoms with van der Waals surface area (Å²) >= 11 is 0. The molecule has 0 aliphatic heterocycles. The molecule has 6 heteroatoms. The number of halogens is 3. The molecule has 2 saturated carbocycles. The van der Waals surface area contributed by atoms with Crippen molar-refractivity contribution in [3.8, 4) is 0 Å². The molecule has 2 aliphatic rings. The topological polar surface area (TPSA) is 50.4 Å². The number of nitrogens with two attached hydrogens (primary N) is 1. The quantitative estimate of drug-likeness (QED) is 0.460. The fourth-order valence-corrected chi connectivity index (χ4v) is 2.14. The second-order valence-corrected chi connectivity index (χ2v) is 5.03.